The second-order valence-electron chi connectivity index (χ2n) is 9.26. The molecule has 0 bridgehead atoms. The third kappa shape index (κ3) is 7.19. The Morgan fingerprint density at radius 3 is 2.62 bits per heavy atom. The van der Waals surface area contributed by atoms with Gasteiger partial charge in [-0.15, -0.1) is 11.3 Å². The second kappa shape index (κ2) is 13.5. The summed E-state index contributed by atoms with van der Waals surface area (Å²) in [6.45, 7) is 4.41. The number of amides is 2. The van der Waals surface area contributed by atoms with Crippen LogP contribution in [0.5, 0.6) is 11.5 Å². The molecule has 0 saturated carbocycles. The van der Waals surface area contributed by atoms with Gasteiger partial charge in [-0.3, -0.25) is 9.59 Å². The van der Waals surface area contributed by atoms with Crippen LogP contribution in [-0.4, -0.2) is 37.7 Å². The molecule has 1 aliphatic carbocycles. The lowest BCUT2D eigenvalue weighted by atomic mass is 9.88. The van der Waals surface area contributed by atoms with Crippen LogP contribution in [0.25, 0.3) is 0 Å². The van der Waals surface area contributed by atoms with Crippen molar-refractivity contribution >= 4 is 51.9 Å². The van der Waals surface area contributed by atoms with Gasteiger partial charge in [-0.1, -0.05) is 30.7 Å². The van der Waals surface area contributed by atoms with Crippen molar-refractivity contribution in [3.8, 4) is 11.5 Å². The number of nitrogens with zero attached hydrogens (tertiary/aromatic N) is 1. The van der Waals surface area contributed by atoms with Gasteiger partial charge in [0.15, 0.2) is 11.5 Å². The molecule has 2 aromatic carbocycles. The summed E-state index contributed by atoms with van der Waals surface area (Å²) in [4.78, 5) is 38.8. The minimum absolute atomic E-state index is 0.211. The van der Waals surface area contributed by atoms with Crippen molar-refractivity contribution in [2.24, 2.45) is 11.0 Å². The van der Waals surface area contributed by atoms with Crippen LogP contribution < -0.4 is 20.2 Å². The molecule has 1 aliphatic rings. The number of hydrogen-bond donors (Lipinski definition) is 2. The Bertz CT molecular complexity index is 1420. The molecule has 1 aromatic heterocycles. The van der Waals surface area contributed by atoms with E-state index in [2.05, 4.69) is 22.8 Å². The lowest BCUT2D eigenvalue weighted by Gasteiger charge is -2.18. The first-order chi connectivity index (χ1) is 19.3. The first-order valence-corrected chi connectivity index (χ1v) is 14.0. The quantitative estimate of drug-likeness (QED) is 0.151. The molecule has 40 heavy (non-hydrogen) atoms. The Hall–Kier alpha value is -3.89. The van der Waals surface area contributed by atoms with Crippen molar-refractivity contribution in [2.45, 2.75) is 39.7 Å². The van der Waals surface area contributed by atoms with E-state index < -0.39 is 17.8 Å². The van der Waals surface area contributed by atoms with Crippen LogP contribution in [-0.2, 0) is 33.8 Å². The van der Waals surface area contributed by atoms with Gasteiger partial charge in [-0.05, 0) is 79.1 Å². The van der Waals surface area contributed by atoms with Crippen LogP contribution in [0.15, 0.2) is 47.6 Å². The molecule has 0 aliphatic heterocycles. The Morgan fingerprint density at radius 1 is 1.12 bits per heavy atom. The molecule has 2 N–H and O–H groups in total. The molecule has 0 fully saturated rings. The summed E-state index contributed by atoms with van der Waals surface area (Å²) in [6.07, 6.45) is 3.86. The van der Waals surface area contributed by atoms with Crippen molar-refractivity contribution in [3.05, 3.63) is 74.6 Å². The number of ether oxygens (including phenoxy) is 3. The van der Waals surface area contributed by atoms with Gasteiger partial charge >= 0.3 is 17.8 Å². The molecule has 0 radical (unpaired) electrons. The van der Waals surface area contributed by atoms with Crippen LogP contribution >= 0.6 is 22.9 Å². The lowest BCUT2D eigenvalue weighted by Crippen LogP contribution is -2.32. The molecule has 9 nitrogen and oxygen atoms in total. The topological polar surface area (TPSA) is 115 Å². The van der Waals surface area contributed by atoms with Crippen LogP contribution in [0, 0.1) is 5.92 Å². The number of methoxy groups -OCH3 is 1. The number of hydrazone groups is 1. The van der Waals surface area contributed by atoms with Crippen molar-refractivity contribution in [2.75, 3.05) is 19.0 Å². The first kappa shape index (κ1) is 29.1. The lowest BCUT2D eigenvalue weighted by molar-refractivity contribution is -0.136. The number of esters is 1. The van der Waals surface area contributed by atoms with Crippen LogP contribution in [0.1, 0.15) is 52.2 Å². The number of benzene rings is 2. The number of carbonyl (C=O) groups excluding carboxylic acids is 3. The van der Waals surface area contributed by atoms with Crippen molar-refractivity contribution in [1.29, 1.82) is 0 Å². The Kier molecular flexibility index (Phi) is 9.79. The maximum absolute atomic E-state index is 12.6. The number of rotatable bonds is 9. The average molecular weight is 584 g/mol. The first-order valence-electron chi connectivity index (χ1n) is 12.8. The number of nitrogens with one attached hydrogen (secondary N) is 2. The molecule has 1 atom stereocenters. The molecule has 11 heteroatoms. The highest BCUT2D eigenvalue weighted by atomic mass is 35.5. The zero-order chi connectivity index (χ0) is 28.6. The highest BCUT2D eigenvalue weighted by molar-refractivity contribution is 7.17. The van der Waals surface area contributed by atoms with Crippen LogP contribution in [0.4, 0.5) is 5.00 Å². The highest BCUT2D eigenvalue weighted by Crippen LogP contribution is 2.40. The zero-order valence-electron chi connectivity index (χ0n) is 22.4. The van der Waals surface area contributed by atoms with Gasteiger partial charge in [-0.25, -0.2) is 10.2 Å². The van der Waals surface area contributed by atoms with E-state index in [9.17, 15) is 14.4 Å². The summed E-state index contributed by atoms with van der Waals surface area (Å²) < 4.78 is 16.5. The van der Waals surface area contributed by atoms with E-state index >= 15 is 0 Å². The monoisotopic (exact) mass is 583 g/mol. The molecule has 210 valence electrons. The molecule has 0 unspecified atom stereocenters. The van der Waals surface area contributed by atoms with Gasteiger partial charge in [0, 0.05) is 9.90 Å². The van der Waals surface area contributed by atoms with Gasteiger partial charge < -0.3 is 19.5 Å². The predicted molar refractivity (Wildman–Crippen MR) is 155 cm³/mol. The fourth-order valence-corrected chi connectivity index (χ4v) is 5.78. The molecule has 1 heterocycles. The normalized spacial score (nSPS) is 14.3. The number of fused-ring (bicyclic) bond motifs is 1. The van der Waals surface area contributed by atoms with Crippen molar-refractivity contribution < 1.29 is 28.6 Å². The molecule has 0 saturated heterocycles. The number of thiophene rings is 1. The summed E-state index contributed by atoms with van der Waals surface area (Å²) in [5, 5.41) is 7.44. The summed E-state index contributed by atoms with van der Waals surface area (Å²) >= 11 is 7.23. The maximum atomic E-state index is 12.6. The van der Waals surface area contributed by atoms with Crippen LogP contribution in [0.2, 0.25) is 5.02 Å². The van der Waals surface area contributed by atoms with Gasteiger partial charge in [-0.2, -0.15) is 5.10 Å². The van der Waals surface area contributed by atoms with Crippen molar-refractivity contribution in [1.82, 2.24) is 5.43 Å². The minimum atomic E-state index is -0.972. The van der Waals surface area contributed by atoms with Gasteiger partial charge in [0.1, 0.15) is 11.6 Å². The maximum Gasteiger partial charge on any atom is 0.341 e. The van der Waals surface area contributed by atoms with E-state index in [0.717, 1.165) is 35.3 Å². The molecular weight excluding hydrogens is 554 g/mol. The molecule has 2 amide bonds. The number of carbonyl (C=O) groups is 3. The summed E-state index contributed by atoms with van der Waals surface area (Å²) in [5.41, 5.74) is 5.01. The third-order valence-electron chi connectivity index (χ3n) is 6.30. The predicted octanol–water partition coefficient (Wildman–Crippen LogP) is 5.38. The number of halogens is 1. The van der Waals surface area contributed by atoms with Gasteiger partial charge in [0.25, 0.3) is 0 Å². The SMILES string of the molecule is CCOC(=O)c1c(NC(=O)C(=O)N/N=C\c2ccc(OCc3ccc(Cl)cc3)c(OC)c2)sc2c1CC[C@@H](C)C2. The van der Waals surface area contributed by atoms with Crippen molar-refractivity contribution in [3.63, 3.8) is 0 Å². The summed E-state index contributed by atoms with van der Waals surface area (Å²) in [5.74, 6) is -0.922. The Morgan fingerprint density at radius 2 is 1.90 bits per heavy atom. The molecular formula is C29H30ClN3O6S. The largest absolute Gasteiger partial charge is 0.493 e. The van der Waals surface area contributed by atoms with Gasteiger partial charge in [0.2, 0.25) is 0 Å². The van der Waals surface area contributed by atoms with E-state index in [-0.39, 0.29) is 6.61 Å². The molecule has 4 rings (SSSR count). The number of anilines is 1. The fraction of sp³-hybridized carbons (Fsp3) is 0.310. The molecule has 3 aromatic rings. The van der Waals surface area contributed by atoms with E-state index in [1.165, 1.54) is 24.7 Å². The number of hydrogen-bond acceptors (Lipinski definition) is 8. The standard InChI is InChI=1S/C29H30ClN3O6S/c1-4-38-29(36)25-21-11-5-17(2)13-24(21)40-28(25)32-26(34)27(35)33-31-15-19-8-12-22(23(14-19)37-3)39-16-18-6-9-20(30)10-7-18/h6-10,12,14-15,17H,4-5,11,13,16H2,1-3H3,(H,32,34)(H,33,35)/b31-15-/t17-/m1/s1. The zero-order valence-corrected chi connectivity index (χ0v) is 24.0. The smallest absolute Gasteiger partial charge is 0.341 e. The summed E-state index contributed by atoms with van der Waals surface area (Å²) in [7, 11) is 1.52. The summed E-state index contributed by atoms with van der Waals surface area (Å²) in [6, 6.07) is 12.5. The van der Waals surface area contributed by atoms with E-state index in [0.29, 0.717) is 45.2 Å². The minimum Gasteiger partial charge on any atom is -0.493 e. The Balaban J connectivity index is 1.38. The van der Waals surface area contributed by atoms with E-state index in [4.69, 9.17) is 25.8 Å². The molecule has 0 spiro atoms. The van der Waals surface area contributed by atoms with E-state index in [1.807, 2.05) is 12.1 Å². The average Bonchev–Trinajstić information content (AvgIpc) is 3.29. The highest BCUT2D eigenvalue weighted by Gasteiger charge is 2.30. The second-order valence-corrected chi connectivity index (χ2v) is 10.8. The Labute approximate surface area is 241 Å². The fourth-order valence-electron chi connectivity index (χ4n) is 4.26. The van der Waals surface area contributed by atoms with E-state index in [1.54, 1.807) is 37.3 Å². The van der Waals surface area contributed by atoms with Gasteiger partial charge in [0.05, 0.1) is 25.5 Å². The van der Waals surface area contributed by atoms with Crippen LogP contribution in [0.3, 0.4) is 0 Å². The third-order valence-corrected chi connectivity index (χ3v) is 7.72.